The van der Waals surface area contributed by atoms with Crippen LogP contribution < -0.4 is 5.73 Å². The van der Waals surface area contributed by atoms with E-state index in [2.05, 4.69) is 0 Å². The van der Waals surface area contributed by atoms with Gasteiger partial charge in [0, 0.05) is 7.05 Å². The summed E-state index contributed by atoms with van der Waals surface area (Å²) in [4.78, 5) is 14.4. The third kappa shape index (κ3) is 3.83. The Morgan fingerprint density at radius 3 is 2.00 bits per heavy atom. The lowest BCUT2D eigenvalue weighted by Crippen LogP contribution is -2.53. The smallest absolute Gasteiger partial charge is 0.242 e. The molecule has 2 aromatic carbocycles. The standard InChI is InChI=1S/C20H26N2O2/c1-4-20(2,21)19(24)22(3)17(15-11-7-5-8-12-15)18(23)16-13-9-6-10-14-16/h5-14,17-18,23H,4,21H2,1-3H3/t17-,18-,20-/m0/s1. The second kappa shape index (κ2) is 7.60. The maximum Gasteiger partial charge on any atom is 0.242 e. The number of hydrogen-bond donors (Lipinski definition) is 2. The van der Waals surface area contributed by atoms with Crippen LogP contribution >= 0.6 is 0 Å². The number of nitrogens with zero attached hydrogens (tertiary/aromatic N) is 1. The third-order valence-electron chi connectivity index (χ3n) is 4.54. The Labute approximate surface area is 143 Å². The topological polar surface area (TPSA) is 66.6 Å². The zero-order valence-electron chi connectivity index (χ0n) is 14.5. The molecule has 4 heteroatoms. The first kappa shape index (κ1) is 18.2. The van der Waals surface area contributed by atoms with Crippen LogP contribution in [0.25, 0.3) is 0 Å². The SMILES string of the molecule is CC[C@](C)(N)C(=O)N(C)[C@@H](c1ccccc1)[C@@H](O)c1ccccc1. The summed E-state index contributed by atoms with van der Waals surface area (Å²) in [5.74, 6) is -0.186. The summed E-state index contributed by atoms with van der Waals surface area (Å²) in [5.41, 5.74) is 6.82. The average Bonchev–Trinajstić information content (AvgIpc) is 2.62. The Balaban J connectivity index is 2.42. The molecule has 2 aromatic rings. The Morgan fingerprint density at radius 1 is 1.08 bits per heavy atom. The fraction of sp³-hybridized carbons (Fsp3) is 0.350. The number of carbonyl (C=O) groups excluding carboxylic acids is 1. The van der Waals surface area contributed by atoms with Crippen LogP contribution in [0, 0.1) is 0 Å². The van der Waals surface area contributed by atoms with Crippen molar-refractivity contribution in [3.63, 3.8) is 0 Å². The fourth-order valence-electron chi connectivity index (χ4n) is 2.78. The summed E-state index contributed by atoms with van der Waals surface area (Å²) in [6.45, 7) is 3.61. The molecule has 1 amide bonds. The molecule has 0 heterocycles. The van der Waals surface area contributed by atoms with Crippen molar-refractivity contribution in [2.75, 3.05) is 7.05 Å². The number of hydrogen-bond acceptors (Lipinski definition) is 3. The lowest BCUT2D eigenvalue weighted by molar-refractivity contribution is -0.140. The minimum atomic E-state index is -0.960. The number of amides is 1. The summed E-state index contributed by atoms with van der Waals surface area (Å²) in [6, 6.07) is 18.4. The van der Waals surface area contributed by atoms with Gasteiger partial charge in [0.15, 0.2) is 0 Å². The Kier molecular flexibility index (Phi) is 5.75. The van der Waals surface area contributed by atoms with Crippen LogP contribution in [-0.4, -0.2) is 28.5 Å². The second-order valence-electron chi connectivity index (χ2n) is 6.40. The molecule has 0 spiro atoms. The molecule has 0 fully saturated rings. The maximum atomic E-state index is 12.8. The minimum absolute atomic E-state index is 0.186. The van der Waals surface area contributed by atoms with Crippen molar-refractivity contribution >= 4 is 5.91 Å². The number of likely N-dealkylation sites (N-methyl/N-ethyl adjacent to an activating group) is 1. The lowest BCUT2D eigenvalue weighted by Gasteiger charge is -2.37. The van der Waals surface area contributed by atoms with Crippen molar-refractivity contribution in [1.82, 2.24) is 4.90 Å². The van der Waals surface area contributed by atoms with E-state index in [9.17, 15) is 9.90 Å². The van der Waals surface area contributed by atoms with Gasteiger partial charge in [-0.1, -0.05) is 67.6 Å². The van der Waals surface area contributed by atoms with Crippen LogP contribution in [0.15, 0.2) is 60.7 Å². The molecule has 0 saturated heterocycles. The van der Waals surface area contributed by atoms with Crippen molar-refractivity contribution < 1.29 is 9.90 Å². The molecule has 0 aliphatic heterocycles. The van der Waals surface area contributed by atoms with Crippen LogP contribution in [0.2, 0.25) is 0 Å². The summed E-state index contributed by atoms with van der Waals surface area (Å²) in [6.07, 6.45) is -0.311. The van der Waals surface area contributed by atoms with Gasteiger partial charge in [-0.05, 0) is 24.5 Å². The van der Waals surface area contributed by atoms with Crippen LogP contribution in [0.1, 0.15) is 43.5 Å². The molecular formula is C20H26N2O2. The number of nitrogens with two attached hydrogens (primary N) is 1. The largest absolute Gasteiger partial charge is 0.386 e. The highest BCUT2D eigenvalue weighted by Gasteiger charge is 2.36. The zero-order valence-corrected chi connectivity index (χ0v) is 14.5. The second-order valence-corrected chi connectivity index (χ2v) is 6.40. The number of rotatable bonds is 6. The molecule has 3 atom stereocenters. The monoisotopic (exact) mass is 326 g/mol. The molecule has 0 saturated carbocycles. The van der Waals surface area contributed by atoms with E-state index in [0.29, 0.717) is 6.42 Å². The summed E-state index contributed by atoms with van der Waals surface area (Å²) < 4.78 is 0. The predicted molar refractivity (Wildman–Crippen MR) is 96.2 cm³/mol. The van der Waals surface area contributed by atoms with Crippen LogP contribution in [0.3, 0.4) is 0 Å². The average molecular weight is 326 g/mol. The Bertz CT molecular complexity index is 656. The van der Waals surface area contributed by atoms with Crippen molar-refractivity contribution in [3.8, 4) is 0 Å². The van der Waals surface area contributed by atoms with E-state index in [4.69, 9.17) is 5.73 Å². The molecule has 128 valence electrons. The van der Waals surface area contributed by atoms with Gasteiger partial charge in [-0.2, -0.15) is 0 Å². The van der Waals surface area contributed by atoms with Gasteiger partial charge in [-0.25, -0.2) is 0 Å². The van der Waals surface area contributed by atoms with Crippen LogP contribution in [-0.2, 0) is 4.79 Å². The Morgan fingerprint density at radius 2 is 1.54 bits per heavy atom. The molecule has 3 N–H and O–H groups in total. The highest BCUT2D eigenvalue weighted by Crippen LogP contribution is 2.34. The first-order valence-corrected chi connectivity index (χ1v) is 8.22. The van der Waals surface area contributed by atoms with Gasteiger partial charge >= 0.3 is 0 Å². The molecule has 4 nitrogen and oxygen atoms in total. The van der Waals surface area contributed by atoms with Gasteiger partial charge in [0.1, 0.15) is 6.10 Å². The molecule has 0 aliphatic rings. The summed E-state index contributed by atoms with van der Waals surface area (Å²) >= 11 is 0. The first-order chi connectivity index (χ1) is 11.4. The molecule has 0 aliphatic carbocycles. The van der Waals surface area contributed by atoms with Crippen molar-refractivity contribution in [1.29, 1.82) is 0 Å². The summed E-state index contributed by atoms with van der Waals surface area (Å²) in [7, 11) is 1.70. The normalized spacial score (nSPS) is 16.0. The molecule has 0 aromatic heterocycles. The number of aliphatic hydroxyl groups excluding tert-OH is 1. The lowest BCUT2D eigenvalue weighted by atomic mass is 9.91. The van der Waals surface area contributed by atoms with Gasteiger partial charge < -0.3 is 15.7 Å². The maximum absolute atomic E-state index is 12.8. The highest BCUT2D eigenvalue weighted by molar-refractivity contribution is 5.85. The molecule has 2 rings (SSSR count). The zero-order chi connectivity index (χ0) is 17.7. The minimum Gasteiger partial charge on any atom is -0.386 e. The van der Waals surface area contributed by atoms with E-state index < -0.39 is 17.7 Å². The van der Waals surface area contributed by atoms with E-state index in [0.717, 1.165) is 11.1 Å². The Hall–Kier alpha value is -2.17. The van der Waals surface area contributed by atoms with E-state index in [1.807, 2.05) is 67.6 Å². The molecular weight excluding hydrogens is 300 g/mol. The molecule has 0 radical (unpaired) electrons. The van der Waals surface area contributed by atoms with E-state index >= 15 is 0 Å². The van der Waals surface area contributed by atoms with Gasteiger partial charge in [0.25, 0.3) is 0 Å². The van der Waals surface area contributed by atoms with Crippen molar-refractivity contribution in [2.24, 2.45) is 5.73 Å². The fourth-order valence-corrected chi connectivity index (χ4v) is 2.78. The highest BCUT2D eigenvalue weighted by atomic mass is 16.3. The van der Waals surface area contributed by atoms with E-state index in [1.165, 1.54) is 0 Å². The quantitative estimate of drug-likeness (QED) is 0.857. The van der Waals surface area contributed by atoms with E-state index in [1.54, 1.807) is 18.9 Å². The number of carbonyl (C=O) groups is 1. The van der Waals surface area contributed by atoms with E-state index in [-0.39, 0.29) is 5.91 Å². The predicted octanol–water partition coefficient (Wildman–Crippen LogP) is 3.05. The number of aliphatic hydroxyl groups is 1. The number of benzene rings is 2. The first-order valence-electron chi connectivity index (χ1n) is 8.22. The van der Waals surface area contributed by atoms with Gasteiger partial charge in [-0.15, -0.1) is 0 Å². The van der Waals surface area contributed by atoms with Gasteiger partial charge in [0.2, 0.25) is 5.91 Å². The van der Waals surface area contributed by atoms with Crippen molar-refractivity contribution in [3.05, 3.63) is 71.8 Å². The van der Waals surface area contributed by atoms with Crippen LogP contribution in [0.4, 0.5) is 0 Å². The van der Waals surface area contributed by atoms with Crippen LogP contribution in [0.5, 0.6) is 0 Å². The van der Waals surface area contributed by atoms with Gasteiger partial charge in [0.05, 0.1) is 11.6 Å². The third-order valence-corrected chi connectivity index (χ3v) is 4.54. The molecule has 0 unspecified atom stereocenters. The van der Waals surface area contributed by atoms with Crippen molar-refractivity contribution in [2.45, 2.75) is 38.0 Å². The summed E-state index contributed by atoms with van der Waals surface area (Å²) in [5, 5.41) is 11.0. The van der Waals surface area contributed by atoms with Gasteiger partial charge in [-0.3, -0.25) is 4.79 Å². The molecule has 24 heavy (non-hydrogen) atoms. The molecule has 0 bridgehead atoms.